The Kier molecular flexibility index (Phi) is 5.36. The van der Waals surface area contributed by atoms with Crippen LogP contribution in [0.1, 0.15) is 13.8 Å². The van der Waals surface area contributed by atoms with Crippen LogP contribution in [0.3, 0.4) is 0 Å². The van der Waals surface area contributed by atoms with Crippen LogP contribution in [-0.2, 0) is 0 Å². The molecule has 0 amide bonds. The first kappa shape index (κ1) is 12.4. The van der Waals surface area contributed by atoms with E-state index < -0.39 is 8.07 Å². The molecule has 12 heavy (non-hydrogen) atoms. The van der Waals surface area contributed by atoms with Crippen molar-refractivity contribution in [3.63, 3.8) is 0 Å². The van der Waals surface area contributed by atoms with Gasteiger partial charge in [-0.05, 0) is 18.8 Å². The summed E-state index contributed by atoms with van der Waals surface area (Å²) in [5.74, 6) is 0. The van der Waals surface area contributed by atoms with Crippen molar-refractivity contribution in [2.24, 2.45) is 0 Å². The zero-order valence-corrected chi connectivity index (χ0v) is 11.6. The van der Waals surface area contributed by atoms with Gasteiger partial charge >= 0.3 is 0 Å². The van der Waals surface area contributed by atoms with Crippen molar-refractivity contribution < 1.29 is 0 Å². The van der Waals surface area contributed by atoms with Gasteiger partial charge in [-0.3, -0.25) is 0 Å². The summed E-state index contributed by atoms with van der Waals surface area (Å²) in [7, 11) is -1.00. The quantitative estimate of drug-likeness (QED) is 0.620. The predicted octanol–water partition coefficient (Wildman–Crippen LogP) is 2.83. The van der Waals surface area contributed by atoms with E-state index in [1.54, 1.807) is 0 Å². The summed E-state index contributed by atoms with van der Waals surface area (Å²) in [5, 5.41) is 0. The summed E-state index contributed by atoms with van der Waals surface area (Å²) >= 11 is 0. The van der Waals surface area contributed by atoms with Gasteiger partial charge in [0, 0.05) is 8.07 Å². The molecule has 0 rings (SSSR count). The fourth-order valence-corrected chi connectivity index (χ4v) is 9.76. The van der Waals surface area contributed by atoms with Crippen molar-refractivity contribution in [1.82, 2.24) is 4.57 Å². The maximum Gasteiger partial charge on any atom is 0.130 e. The van der Waals surface area contributed by atoms with Crippen molar-refractivity contribution in [3.8, 4) is 0 Å². The highest BCUT2D eigenvalue weighted by atomic mass is 28.4. The van der Waals surface area contributed by atoms with Crippen LogP contribution in [0.15, 0.2) is 0 Å². The molecule has 0 aliphatic heterocycles. The molecule has 0 bridgehead atoms. The monoisotopic (exact) mass is 202 g/mol. The Morgan fingerprint density at radius 1 is 1.08 bits per heavy atom. The highest BCUT2D eigenvalue weighted by Gasteiger charge is 2.21. The van der Waals surface area contributed by atoms with Crippen molar-refractivity contribution in [2.75, 3.05) is 13.1 Å². The number of hydrogen-bond donors (Lipinski definition) is 0. The van der Waals surface area contributed by atoms with E-state index in [9.17, 15) is 0 Å². The molecule has 0 atom stereocenters. The van der Waals surface area contributed by atoms with Crippen LogP contribution in [0.4, 0.5) is 0 Å². The van der Waals surface area contributed by atoms with Crippen LogP contribution < -0.4 is 0 Å². The lowest BCUT2D eigenvalue weighted by Gasteiger charge is -2.29. The molecule has 0 aliphatic rings. The molecule has 0 aromatic heterocycles. The van der Waals surface area contributed by atoms with Gasteiger partial charge in [0.15, 0.2) is 0 Å². The lowest BCUT2D eigenvalue weighted by atomic mass is 10.7. The third kappa shape index (κ3) is 5.11. The Morgan fingerprint density at radius 3 is 1.75 bits per heavy atom. The zero-order valence-electron chi connectivity index (χ0n) is 9.57. The van der Waals surface area contributed by atoms with Crippen LogP contribution in [0.5, 0.6) is 0 Å². The van der Waals surface area contributed by atoms with Gasteiger partial charge < -0.3 is 4.57 Å². The average molecular weight is 202 g/mol. The van der Waals surface area contributed by atoms with E-state index in [4.69, 9.17) is 0 Å². The third-order valence-corrected chi connectivity index (χ3v) is 10.1. The molecule has 0 unspecified atom stereocenters. The topological polar surface area (TPSA) is 3.24 Å². The van der Waals surface area contributed by atoms with Crippen LogP contribution in [-0.4, -0.2) is 34.7 Å². The standard InChI is InChI=1S/C9H24NSi2/c1-7-10(8-2)11(3)9-12(4,5)6/h7-9H2,1-6H3. The van der Waals surface area contributed by atoms with E-state index in [1.807, 2.05) is 0 Å². The van der Waals surface area contributed by atoms with E-state index in [2.05, 4.69) is 44.6 Å². The molecule has 0 spiro atoms. The lowest BCUT2D eigenvalue weighted by Crippen LogP contribution is -2.42. The molecule has 3 heteroatoms. The highest BCUT2D eigenvalue weighted by Crippen LogP contribution is 2.12. The first-order valence-electron chi connectivity index (χ1n) is 4.98. The fraction of sp³-hybridized carbons (Fsp3) is 1.00. The summed E-state index contributed by atoms with van der Waals surface area (Å²) < 4.78 is 2.66. The Bertz CT molecular complexity index is 116. The van der Waals surface area contributed by atoms with E-state index in [-0.39, 0.29) is 8.96 Å². The Hall–Kier alpha value is 0.394. The van der Waals surface area contributed by atoms with Crippen LogP contribution >= 0.6 is 0 Å². The van der Waals surface area contributed by atoms with Crippen molar-refractivity contribution in [1.29, 1.82) is 0 Å². The highest BCUT2D eigenvalue weighted by molar-refractivity contribution is 6.86. The van der Waals surface area contributed by atoms with E-state index >= 15 is 0 Å². The van der Waals surface area contributed by atoms with Gasteiger partial charge in [-0.2, -0.15) is 0 Å². The van der Waals surface area contributed by atoms with Gasteiger partial charge in [-0.25, -0.2) is 0 Å². The molecule has 0 aromatic carbocycles. The number of hydrogen-bond acceptors (Lipinski definition) is 1. The largest absolute Gasteiger partial charge is 0.325 e. The summed E-state index contributed by atoms with van der Waals surface area (Å²) in [6.07, 6.45) is 0. The molecular formula is C9H24NSi2. The van der Waals surface area contributed by atoms with E-state index in [0.29, 0.717) is 0 Å². The average Bonchev–Trinajstić information content (AvgIpc) is 1.85. The molecule has 0 saturated heterocycles. The smallest absolute Gasteiger partial charge is 0.130 e. The molecule has 0 saturated carbocycles. The maximum atomic E-state index is 2.66. The first-order chi connectivity index (χ1) is 5.40. The van der Waals surface area contributed by atoms with Crippen molar-refractivity contribution >= 4 is 17.0 Å². The van der Waals surface area contributed by atoms with Crippen LogP contribution in [0.2, 0.25) is 31.9 Å². The summed E-state index contributed by atoms with van der Waals surface area (Å²) in [6.45, 7) is 16.9. The third-order valence-electron chi connectivity index (χ3n) is 2.09. The summed E-state index contributed by atoms with van der Waals surface area (Å²) in [4.78, 5) is 0. The second-order valence-corrected chi connectivity index (χ2v) is 13.3. The first-order valence-corrected chi connectivity index (χ1v) is 10.8. The normalized spacial score (nSPS) is 13.0. The van der Waals surface area contributed by atoms with Crippen molar-refractivity contribution in [2.45, 2.75) is 45.7 Å². The maximum absolute atomic E-state index is 2.66. The second-order valence-electron chi connectivity index (χ2n) is 4.65. The Morgan fingerprint density at radius 2 is 1.50 bits per heavy atom. The second kappa shape index (κ2) is 5.19. The fourth-order valence-electron chi connectivity index (χ4n) is 1.64. The number of nitrogens with zero attached hydrogens (tertiary/aromatic N) is 1. The van der Waals surface area contributed by atoms with Crippen LogP contribution in [0, 0.1) is 0 Å². The molecule has 0 aliphatic carbocycles. The minimum atomic E-state index is -0.812. The molecule has 73 valence electrons. The van der Waals surface area contributed by atoms with E-state index in [1.165, 1.54) is 18.8 Å². The summed E-state index contributed by atoms with van der Waals surface area (Å²) in [5.41, 5.74) is 1.53. The summed E-state index contributed by atoms with van der Waals surface area (Å²) in [6, 6.07) is 0. The molecular weight excluding hydrogens is 178 g/mol. The van der Waals surface area contributed by atoms with Gasteiger partial charge in [0.2, 0.25) is 0 Å². The molecule has 0 fully saturated rings. The van der Waals surface area contributed by atoms with Crippen molar-refractivity contribution in [3.05, 3.63) is 0 Å². The van der Waals surface area contributed by atoms with Crippen LogP contribution in [0.25, 0.3) is 0 Å². The van der Waals surface area contributed by atoms with Gasteiger partial charge in [0.1, 0.15) is 8.96 Å². The Balaban J connectivity index is 3.92. The molecule has 1 nitrogen and oxygen atoms in total. The molecule has 1 radical (unpaired) electrons. The lowest BCUT2D eigenvalue weighted by molar-refractivity contribution is 0.482. The zero-order chi connectivity index (χ0) is 9.78. The Labute approximate surface area is 80.9 Å². The van der Waals surface area contributed by atoms with Gasteiger partial charge in [-0.1, -0.05) is 40.0 Å². The SMILES string of the molecule is CCN(CC)[Si](C)C[Si](C)(C)C. The van der Waals surface area contributed by atoms with Gasteiger partial charge in [0.05, 0.1) is 0 Å². The molecule has 0 N–H and O–H groups in total. The predicted molar refractivity (Wildman–Crippen MR) is 62.7 cm³/mol. The number of rotatable bonds is 5. The van der Waals surface area contributed by atoms with Gasteiger partial charge in [0.25, 0.3) is 0 Å². The van der Waals surface area contributed by atoms with E-state index in [0.717, 1.165) is 0 Å². The molecule has 0 heterocycles. The minimum absolute atomic E-state index is 0.192. The molecule has 0 aromatic rings. The minimum Gasteiger partial charge on any atom is -0.325 e. The van der Waals surface area contributed by atoms with Gasteiger partial charge in [-0.15, -0.1) is 0 Å².